The summed E-state index contributed by atoms with van der Waals surface area (Å²) in [5.41, 5.74) is 12.8. The van der Waals surface area contributed by atoms with Gasteiger partial charge in [0.05, 0.1) is 6.10 Å². The van der Waals surface area contributed by atoms with Gasteiger partial charge in [0.1, 0.15) is 0 Å². The maximum Gasteiger partial charge on any atom is 0.221 e. The molecule has 6 aliphatic carbocycles. The van der Waals surface area contributed by atoms with Crippen LogP contribution in [0.4, 0.5) is 0 Å². The lowest BCUT2D eigenvalue weighted by Gasteiger charge is -2.65. The van der Waals surface area contributed by atoms with Crippen molar-refractivity contribution in [3.8, 4) is 0 Å². The molecule has 0 aliphatic heterocycles. The Kier molecular flexibility index (Phi) is 5.62. The van der Waals surface area contributed by atoms with Gasteiger partial charge in [-0.05, 0) is 117 Å². The van der Waals surface area contributed by atoms with E-state index in [-0.39, 0.29) is 28.1 Å². The summed E-state index contributed by atoms with van der Waals surface area (Å²) in [6.07, 6.45) is 19.9. The van der Waals surface area contributed by atoms with Crippen LogP contribution in [0.3, 0.4) is 0 Å². The highest BCUT2D eigenvalue weighted by Gasteiger charge is 2.61. The summed E-state index contributed by atoms with van der Waals surface area (Å²) in [4.78, 5) is 13.5. The summed E-state index contributed by atoms with van der Waals surface area (Å²) in [5, 5.41) is 0. The molecule has 5 unspecified atom stereocenters. The molecule has 0 amide bonds. The van der Waals surface area contributed by atoms with Crippen molar-refractivity contribution in [2.24, 2.45) is 39.2 Å². The van der Waals surface area contributed by atoms with Gasteiger partial charge in [-0.3, -0.25) is 4.79 Å². The first-order chi connectivity index (χ1) is 17.4. The Hall–Kier alpha value is -2.03. The lowest BCUT2D eigenvalue weighted by atomic mass is 9.39. The monoisotopic (exact) mass is 501 g/mol. The number of allylic oxidation sites excluding steroid dienone is 8. The van der Waals surface area contributed by atoms with Crippen LogP contribution in [0.15, 0.2) is 58.6 Å². The van der Waals surface area contributed by atoms with Gasteiger partial charge in [0.15, 0.2) is 5.76 Å². The second-order valence-corrected chi connectivity index (χ2v) is 14.5. The molecule has 4 saturated carbocycles. The van der Waals surface area contributed by atoms with Crippen LogP contribution < -0.4 is 5.73 Å². The van der Waals surface area contributed by atoms with Gasteiger partial charge >= 0.3 is 0 Å². The largest absolute Gasteiger partial charge is 0.486 e. The molecule has 6 aliphatic rings. The minimum absolute atomic E-state index is 0.0487. The molecule has 3 heteroatoms. The number of carbonyl (C=O) groups excluding carboxylic acids is 1. The minimum Gasteiger partial charge on any atom is -0.486 e. The summed E-state index contributed by atoms with van der Waals surface area (Å²) < 4.78 is 6.32. The molecular weight excluding hydrogens is 454 g/mol. The van der Waals surface area contributed by atoms with Gasteiger partial charge in [-0.1, -0.05) is 52.0 Å². The molecule has 0 spiro atoms. The third-order valence-electron chi connectivity index (χ3n) is 12.4. The fraction of sp³-hybridized carbons (Fsp3) is 0.676. The van der Waals surface area contributed by atoms with Crippen LogP contribution >= 0.6 is 0 Å². The van der Waals surface area contributed by atoms with Crippen molar-refractivity contribution < 1.29 is 9.53 Å². The van der Waals surface area contributed by atoms with E-state index in [4.69, 9.17) is 10.5 Å². The molecule has 2 N–H and O–H groups in total. The molecule has 4 fully saturated rings. The van der Waals surface area contributed by atoms with Crippen molar-refractivity contribution in [2.45, 2.75) is 111 Å². The highest BCUT2D eigenvalue weighted by molar-refractivity contribution is 6.07. The summed E-state index contributed by atoms with van der Waals surface area (Å²) in [6.45, 7) is 16.2. The Morgan fingerprint density at radius 1 is 0.973 bits per heavy atom. The van der Waals surface area contributed by atoms with E-state index in [0.29, 0.717) is 23.0 Å². The van der Waals surface area contributed by atoms with E-state index >= 15 is 0 Å². The Labute approximate surface area is 224 Å². The third-order valence-corrected chi connectivity index (χ3v) is 12.4. The predicted octanol–water partition coefficient (Wildman–Crippen LogP) is 8.10. The number of ketones is 1. The van der Waals surface area contributed by atoms with Crippen molar-refractivity contribution >= 4 is 5.78 Å². The van der Waals surface area contributed by atoms with E-state index in [1.165, 1.54) is 49.7 Å². The SMILES string of the molecule is C=C(N)[C@]1(C)CCC2(C)CCC3(C)C4=CC=C5C(=CC(=O)C(OC6CCCC6)=C5C)C4(C)CCC3C2C1. The van der Waals surface area contributed by atoms with Crippen molar-refractivity contribution in [3.05, 3.63) is 58.6 Å². The van der Waals surface area contributed by atoms with Crippen LogP contribution in [0.1, 0.15) is 105 Å². The lowest BCUT2D eigenvalue weighted by molar-refractivity contribution is -0.115. The van der Waals surface area contributed by atoms with E-state index in [2.05, 4.69) is 53.3 Å². The normalized spacial score (nSPS) is 43.6. The van der Waals surface area contributed by atoms with Crippen LogP contribution in [0.5, 0.6) is 0 Å². The van der Waals surface area contributed by atoms with Gasteiger partial charge in [-0.2, -0.15) is 0 Å². The number of rotatable bonds is 3. The molecule has 0 radical (unpaired) electrons. The van der Waals surface area contributed by atoms with Crippen molar-refractivity contribution in [1.29, 1.82) is 0 Å². The zero-order valence-electron chi connectivity index (χ0n) is 23.8. The quantitative estimate of drug-likeness (QED) is 0.425. The molecule has 0 saturated heterocycles. The average molecular weight is 502 g/mol. The zero-order valence-corrected chi connectivity index (χ0v) is 23.8. The number of nitrogens with two attached hydrogens (primary N) is 1. The highest BCUT2D eigenvalue weighted by atomic mass is 16.5. The molecule has 3 nitrogen and oxygen atoms in total. The lowest BCUT2D eigenvalue weighted by Crippen LogP contribution is -2.56. The summed E-state index contributed by atoms with van der Waals surface area (Å²) in [6, 6.07) is 0. The van der Waals surface area contributed by atoms with Crippen molar-refractivity contribution in [1.82, 2.24) is 0 Å². The van der Waals surface area contributed by atoms with E-state index < -0.39 is 0 Å². The fourth-order valence-electron chi connectivity index (χ4n) is 9.64. The second-order valence-electron chi connectivity index (χ2n) is 14.5. The van der Waals surface area contributed by atoms with Crippen LogP contribution in [0.25, 0.3) is 0 Å². The standard InChI is InChI=1S/C34H47NO2/c1-21-24-11-12-29-33(5,26(24)19-28(36)30(21)37-23-9-7-8-10-23)14-13-25-27-20-32(4,22(2)35)16-15-31(27,3)17-18-34(25,29)6/h11-12,19,23,25,27H,2,7-10,13-18,20,35H2,1,3-6H3/t25?,27?,31?,32-,33?,34?/m1/s1. The number of carbonyl (C=O) groups is 1. The number of hydrogen-bond donors (Lipinski definition) is 1. The van der Waals surface area contributed by atoms with Crippen molar-refractivity contribution in [2.75, 3.05) is 0 Å². The number of ether oxygens (including phenoxy) is 1. The van der Waals surface area contributed by atoms with E-state index in [0.717, 1.165) is 43.4 Å². The number of hydrogen-bond acceptors (Lipinski definition) is 3. The maximum atomic E-state index is 13.5. The van der Waals surface area contributed by atoms with Gasteiger partial charge < -0.3 is 10.5 Å². The second kappa shape index (κ2) is 8.23. The van der Waals surface area contributed by atoms with E-state index in [1.807, 2.05) is 6.08 Å². The molecule has 37 heavy (non-hydrogen) atoms. The molecule has 0 heterocycles. The molecular formula is C34H47NO2. The maximum absolute atomic E-state index is 13.5. The zero-order chi connectivity index (χ0) is 26.4. The summed E-state index contributed by atoms with van der Waals surface area (Å²) in [5.74, 6) is 1.99. The summed E-state index contributed by atoms with van der Waals surface area (Å²) in [7, 11) is 0. The Balaban J connectivity index is 1.38. The molecule has 6 atom stereocenters. The molecule has 0 aromatic carbocycles. The first-order valence-corrected chi connectivity index (χ1v) is 14.9. The molecule has 0 aromatic heterocycles. The van der Waals surface area contributed by atoms with Gasteiger partial charge in [-0.25, -0.2) is 0 Å². The smallest absolute Gasteiger partial charge is 0.221 e. The van der Waals surface area contributed by atoms with Gasteiger partial charge in [-0.15, -0.1) is 0 Å². The van der Waals surface area contributed by atoms with Crippen LogP contribution in [-0.4, -0.2) is 11.9 Å². The molecule has 200 valence electrons. The van der Waals surface area contributed by atoms with E-state index in [1.54, 1.807) is 5.57 Å². The highest BCUT2D eigenvalue weighted by Crippen LogP contribution is 2.71. The number of fused-ring (bicyclic) bond motifs is 7. The first kappa shape index (κ1) is 25.3. The average Bonchev–Trinajstić information content (AvgIpc) is 3.36. The Bertz CT molecular complexity index is 1180. The van der Waals surface area contributed by atoms with Crippen LogP contribution in [0, 0.1) is 33.5 Å². The van der Waals surface area contributed by atoms with Crippen molar-refractivity contribution in [3.63, 3.8) is 0 Å². The Morgan fingerprint density at radius 3 is 2.38 bits per heavy atom. The summed E-state index contributed by atoms with van der Waals surface area (Å²) >= 11 is 0. The van der Waals surface area contributed by atoms with Gasteiger partial charge in [0.2, 0.25) is 5.78 Å². The minimum atomic E-state index is -0.0890. The van der Waals surface area contributed by atoms with Gasteiger partial charge in [0.25, 0.3) is 0 Å². The van der Waals surface area contributed by atoms with Crippen LogP contribution in [0.2, 0.25) is 0 Å². The topological polar surface area (TPSA) is 52.3 Å². The first-order valence-electron chi connectivity index (χ1n) is 14.9. The Morgan fingerprint density at radius 2 is 1.68 bits per heavy atom. The van der Waals surface area contributed by atoms with Crippen LogP contribution in [-0.2, 0) is 9.53 Å². The molecule has 0 aromatic rings. The molecule has 6 rings (SSSR count). The fourth-order valence-corrected chi connectivity index (χ4v) is 9.64. The van der Waals surface area contributed by atoms with E-state index in [9.17, 15) is 4.79 Å². The third kappa shape index (κ3) is 3.54. The molecule has 0 bridgehead atoms. The van der Waals surface area contributed by atoms with Gasteiger partial charge in [0, 0.05) is 22.1 Å². The predicted molar refractivity (Wildman–Crippen MR) is 150 cm³/mol.